The molecule has 3 aromatic heterocycles. The quantitative estimate of drug-likeness (QED) is 0.414. The number of aromatic amines is 1. The summed E-state index contributed by atoms with van der Waals surface area (Å²) in [6.45, 7) is 5.31. The third kappa shape index (κ3) is 3.31. The van der Waals surface area contributed by atoms with Crippen molar-refractivity contribution in [1.29, 1.82) is 10.8 Å². The maximum absolute atomic E-state index is 12.9. The number of imidazole rings is 1. The summed E-state index contributed by atoms with van der Waals surface area (Å²) in [5, 5.41) is 21.2. The highest BCUT2D eigenvalue weighted by Crippen LogP contribution is 2.35. The molecule has 0 bridgehead atoms. The van der Waals surface area contributed by atoms with Gasteiger partial charge in [0.25, 0.3) is 0 Å². The number of nitrogens with one attached hydrogen (secondary N) is 3. The maximum Gasteiger partial charge on any atom is 0.327 e. The minimum atomic E-state index is -0.480. The molecule has 0 aliphatic heterocycles. The van der Waals surface area contributed by atoms with Gasteiger partial charge in [-0.2, -0.15) is 5.10 Å². The number of aryl methyl sites for hydroxylation is 1. The zero-order valence-electron chi connectivity index (χ0n) is 18.1. The Morgan fingerprint density at radius 3 is 2.48 bits per heavy atom. The van der Waals surface area contributed by atoms with Crippen LogP contribution in [0.4, 0.5) is 0 Å². The third-order valence-electron chi connectivity index (χ3n) is 5.68. The van der Waals surface area contributed by atoms with Crippen LogP contribution in [-0.4, -0.2) is 42.8 Å². The van der Waals surface area contributed by atoms with Crippen molar-refractivity contribution in [3.8, 4) is 5.75 Å². The lowest BCUT2D eigenvalue weighted by Gasteiger charge is -2.19. The molecule has 0 spiro atoms. The van der Waals surface area contributed by atoms with Gasteiger partial charge in [-0.15, -0.1) is 0 Å². The molecule has 4 rings (SSSR count). The van der Waals surface area contributed by atoms with Gasteiger partial charge in [-0.3, -0.25) is 14.2 Å². The summed E-state index contributed by atoms with van der Waals surface area (Å²) in [6, 6.07) is 3.45. The lowest BCUT2D eigenvalue weighted by molar-refractivity contribution is 0.411. The largest absolute Gasteiger partial charge is 0.496 e. The number of ether oxygens (including phenoxy) is 1. The Hall–Kier alpha value is -3.75. The Morgan fingerprint density at radius 1 is 1.19 bits per heavy atom. The summed E-state index contributed by atoms with van der Waals surface area (Å²) in [4.78, 5) is 20.5. The summed E-state index contributed by atoms with van der Waals surface area (Å²) in [6.07, 6.45) is 5.32. The highest BCUT2D eigenvalue weighted by molar-refractivity contribution is 6.10. The van der Waals surface area contributed by atoms with Gasteiger partial charge in [0.2, 0.25) is 0 Å². The second-order valence-electron chi connectivity index (χ2n) is 7.85. The molecular formula is C22H25N7O2. The highest BCUT2D eigenvalue weighted by atomic mass is 16.5. The van der Waals surface area contributed by atoms with Gasteiger partial charge in [0.15, 0.2) is 0 Å². The van der Waals surface area contributed by atoms with E-state index in [-0.39, 0.29) is 11.7 Å². The Morgan fingerprint density at radius 2 is 1.90 bits per heavy atom. The molecule has 0 aliphatic carbocycles. The van der Waals surface area contributed by atoms with Crippen molar-refractivity contribution >= 4 is 33.4 Å². The molecule has 1 unspecified atom stereocenters. The molecule has 9 nitrogen and oxygen atoms in total. The third-order valence-corrected chi connectivity index (χ3v) is 5.68. The van der Waals surface area contributed by atoms with Crippen molar-refractivity contribution in [2.24, 2.45) is 7.05 Å². The van der Waals surface area contributed by atoms with E-state index in [9.17, 15) is 4.79 Å². The van der Waals surface area contributed by atoms with E-state index < -0.39 is 5.92 Å². The molecule has 0 amide bonds. The van der Waals surface area contributed by atoms with Gasteiger partial charge >= 0.3 is 5.69 Å². The standard InChI is InChI=1S/C22H25N7O2/c1-11(23)20(12(2)24)16-6-17-15(7-19(16)31-5)21-18(9-25-17)29(22(30)27-21)13(3)14-8-26-28(4)10-14/h6-10,13,20,23-24H,1-5H3,(H,27,30). The number of fused-ring (bicyclic) bond motifs is 3. The molecular weight excluding hydrogens is 394 g/mol. The number of hydrogen-bond acceptors (Lipinski definition) is 6. The average molecular weight is 419 g/mol. The fraction of sp³-hybridized carbons (Fsp3) is 0.318. The number of nitrogens with zero attached hydrogens (tertiary/aromatic N) is 4. The number of rotatable bonds is 6. The predicted octanol–water partition coefficient (Wildman–Crippen LogP) is 3.39. The summed E-state index contributed by atoms with van der Waals surface area (Å²) >= 11 is 0. The van der Waals surface area contributed by atoms with Gasteiger partial charge in [-0.05, 0) is 32.9 Å². The van der Waals surface area contributed by atoms with Gasteiger partial charge in [-0.1, -0.05) is 0 Å². The molecule has 160 valence electrons. The molecule has 31 heavy (non-hydrogen) atoms. The van der Waals surface area contributed by atoms with Crippen LogP contribution in [0.5, 0.6) is 5.75 Å². The van der Waals surface area contributed by atoms with Crippen LogP contribution in [0.2, 0.25) is 0 Å². The average Bonchev–Trinajstić information content (AvgIpc) is 3.29. The van der Waals surface area contributed by atoms with Crippen molar-refractivity contribution in [2.45, 2.75) is 32.7 Å². The smallest absolute Gasteiger partial charge is 0.327 e. The van der Waals surface area contributed by atoms with Crippen molar-refractivity contribution < 1.29 is 4.74 Å². The monoisotopic (exact) mass is 419 g/mol. The van der Waals surface area contributed by atoms with Gasteiger partial charge in [0, 0.05) is 41.2 Å². The number of pyridine rings is 1. The predicted molar refractivity (Wildman–Crippen MR) is 121 cm³/mol. The molecule has 0 saturated heterocycles. The Labute approximate surface area is 178 Å². The number of hydrogen-bond donors (Lipinski definition) is 3. The lowest BCUT2D eigenvalue weighted by atomic mass is 9.89. The first-order valence-electron chi connectivity index (χ1n) is 9.92. The molecule has 0 fully saturated rings. The number of methoxy groups -OCH3 is 1. The molecule has 0 aliphatic rings. The van der Waals surface area contributed by atoms with Crippen molar-refractivity contribution in [3.63, 3.8) is 0 Å². The van der Waals surface area contributed by atoms with Crippen molar-refractivity contribution in [3.05, 3.63) is 52.3 Å². The topological polar surface area (TPSA) is 125 Å². The van der Waals surface area contributed by atoms with Gasteiger partial charge in [0.05, 0.1) is 48.0 Å². The first kappa shape index (κ1) is 20.5. The van der Waals surface area contributed by atoms with Crippen LogP contribution in [0, 0.1) is 10.8 Å². The molecule has 3 heterocycles. The van der Waals surface area contributed by atoms with E-state index in [4.69, 9.17) is 15.6 Å². The van der Waals surface area contributed by atoms with E-state index in [0.29, 0.717) is 39.3 Å². The number of aromatic nitrogens is 5. The zero-order chi connectivity index (χ0) is 22.4. The second-order valence-corrected chi connectivity index (χ2v) is 7.85. The Kier molecular flexibility index (Phi) is 4.96. The van der Waals surface area contributed by atoms with Gasteiger partial charge in [0.1, 0.15) is 5.75 Å². The SMILES string of the molecule is COc1cc2c(cc1C(C(C)=N)C(C)=N)ncc1c2[nH]c(=O)n1C(C)c1cnn(C)c1. The first-order valence-corrected chi connectivity index (χ1v) is 9.92. The van der Waals surface area contributed by atoms with E-state index in [0.717, 1.165) is 10.9 Å². The molecule has 4 aromatic rings. The minimum Gasteiger partial charge on any atom is -0.496 e. The van der Waals surface area contributed by atoms with Crippen LogP contribution in [0.25, 0.3) is 21.9 Å². The Balaban J connectivity index is 1.96. The van der Waals surface area contributed by atoms with E-state index in [1.54, 1.807) is 42.6 Å². The summed E-state index contributed by atoms with van der Waals surface area (Å²) < 4.78 is 8.99. The summed E-state index contributed by atoms with van der Waals surface area (Å²) in [7, 11) is 3.40. The van der Waals surface area contributed by atoms with Crippen LogP contribution in [0.3, 0.4) is 0 Å². The fourth-order valence-corrected chi connectivity index (χ4v) is 4.20. The first-order chi connectivity index (χ1) is 14.7. The minimum absolute atomic E-state index is 0.221. The summed E-state index contributed by atoms with van der Waals surface area (Å²) in [5.41, 5.74) is 4.14. The zero-order valence-corrected chi connectivity index (χ0v) is 18.1. The lowest BCUT2D eigenvalue weighted by Crippen LogP contribution is -2.20. The van der Waals surface area contributed by atoms with Crippen LogP contribution in [0.1, 0.15) is 43.9 Å². The highest BCUT2D eigenvalue weighted by Gasteiger charge is 2.23. The van der Waals surface area contributed by atoms with E-state index in [2.05, 4.69) is 15.1 Å². The molecule has 1 aromatic carbocycles. The van der Waals surface area contributed by atoms with E-state index >= 15 is 0 Å². The van der Waals surface area contributed by atoms with Crippen molar-refractivity contribution in [2.75, 3.05) is 7.11 Å². The molecule has 1 atom stereocenters. The second kappa shape index (κ2) is 7.50. The van der Waals surface area contributed by atoms with Gasteiger partial charge in [-0.25, -0.2) is 4.79 Å². The molecule has 0 radical (unpaired) electrons. The fourth-order valence-electron chi connectivity index (χ4n) is 4.20. The Bertz CT molecular complexity index is 1380. The van der Waals surface area contributed by atoms with Crippen LogP contribution in [-0.2, 0) is 7.05 Å². The van der Waals surface area contributed by atoms with Crippen LogP contribution >= 0.6 is 0 Å². The normalized spacial score (nSPS) is 13.5. The number of H-pyrrole nitrogens is 1. The molecule has 0 saturated carbocycles. The maximum atomic E-state index is 12.9. The van der Waals surface area contributed by atoms with Crippen LogP contribution < -0.4 is 10.4 Å². The summed E-state index contributed by atoms with van der Waals surface area (Å²) in [5.74, 6) is 0.0741. The van der Waals surface area contributed by atoms with E-state index in [1.165, 1.54) is 0 Å². The van der Waals surface area contributed by atoms with Crippen LogP contribution in [0.15, 0.2) is 35.5 Å². The molecule has 9 heteroatoms. The van der Waals surface area contributed by atoms with Gasteiger partial charge < -0.3 is 20.5 Å². The number of benzene rings is 1. The molecule has 3 N–H and O–H groups in total. The van der Waals surface area contributed by atoms with Crippen molar-refractivity contribution in [1.82, 2.24) is 24.3 Å². The van der Waals surface area contributed by atoms with E-state index in [1.807, 2.05) is 32.3 Å².